The number of benzene rings is 1. The van der Waals surface area contributed by atoms with Gasteiger partial charge in [-0.25, -0.2) is 9.67 Å². The van der Waals surface area contributed by atoms with Gasteiger partial charge < -0.3 is 5.43 Å². The zero-order chi connectivity index (χ0) is 19.3. The minimum atomic E-state index is 0.120. The van der Waals surface area contributed by atoms with Gasteiger partial charge in [0.25, 0.3) is 0 Å². The molecule has 3 aromatic rings. The molecular formula is C21H17Cl2N5. The number of hydrazone groups is 1. The highest BCUT2D eigenvalue weighted by molar-refractivity contribution is 6.33. The molecule has 0 radical (unpaired) electrons. The average Bonchev–Trinajstić information content (AvgIpc) is 3.28. The molecular weight excluding hydrogens is 393 g/mol. The smallest absolute Gasteiger partial charge is 0.129 e. The van der Waals surface area contributed by atoms with Crippen LogP contribution < -0.4 is 5.43 Å². The number of rotatable bonds is 3. The first-order chi connectivity index (χ1) is 13.7. The van der Waals surface area contributed by atoms with Crippen molar-refractivity contribution in [2.75, 3.05) is 5.88 Å². The van der Waals surface area contributed by atoms with Crippen LogP contribution in [0.3, 0.4) is 0 Å². The Morgan fingerprint density at radius 1 is 1.21 bits per heavy atom. The number of aryl methyl sites for hydroxylation is 1. The first-order valence-corrected chi connectivity index (χ1v) is 9.97. The third-order valence-corrected chi connectivity index (χ3v) is 5.74. The molecule has 28 heavy (non-hydrogen) atoms. The molecule has 5 rings (SSSR count). The van der Waals surface area contributed by atoms with Gasteiger partial charge in [-0.3, -0.25) is 0 Å². The van der Waals surface area contributed by atoms with Crippen LogP contribution in [-0.2, 0) is 6.42 Å². The lowest BCUT2D eigenvalue weighted by atomic mass is 9.88. The number of fused-ring (bicyclic) bond motifs is 2. The van der Waals surface area contributed by atoms with Crippen LogP contribution in [0.5, 0.6) is 0 Å². The molecule has 2 aromatic heterocycles. The van der Waals surface area contributed by atoms with E-state index in [-0.39, 0.29) is 6.04 Å². The lowest BCUT2D eigenvalue weighted by Crippen LogP contribution is -2.28. The summed E-state index contributed by atoms with van der Waals surface area (Å²) in [5.74, 6) is 0.386. The molecule has 1 aliphatic heterocycles. The first-order valence-electron chi connectivity index (χ1n) is 9.05. The summed E-state index contributed by atoms with van der Waals surface area (Å²) >= 11 is 12.1. The Balaban J connectivity index is 1.74. The van der Waals surface area contributed by atoms with Gasteiger partial charge in [-0.15, -0.1) is 11.6 Å². The maximum absolute atomic E-state index is 6.10. The van der Waals surface area contributed by atoms with Crippen LogP contribution in [0.15, 0.2) is 53.3 Å². The fourth-order valence-corrected chi connectivity index (χ4v) is 4.16. The van der Waals surface area contributed by atoms with E-state index < -0.39 is 0 Å². The highest BCUT2D eigenvalue weighted by atomic mass is 35.5. The summed E-state index contributed by atoms with van der Waals surface area (Å²) in [4.78, 5) is 4.24. The van der Waals surface area contributed by atoms with E-state index in [0.29, 0.717) is 11.0 Å². The molecule has 5 nitrogen and oxygen atoms in total. The number of para-hydroxylation sites is 1. The van der Waals surface area contributed by atoms with Crippen molar-refractivity contribution in [1.82, 2.24) is 20.2 Å². The van der Waals surface area contributed by atoms with Crippen LogP contribution in [0.4, 0.5) is 0 Å². The zero-order valence-electron chi connectivity index (χ0n) is 15.2. The van der Waals surface area contributed by atoms with E-state index in [0.717, 1.165) is 45.9 Å². The van der Waals surface area contributed by atoms with E-state index >= 15 is 0 Å². The number of nitrogens with one attached hydrogen (secondary N) is 1. The molecule has 1 atom stereocenters. The van der Waals surface area contributed by atoms with Gasteiger partial charge in [-0.05, 0) is 36.8 Å². The number of halogens is 2. The third kappa shape index (κ3) is 2.74. The number of aromatic nitrogens is 3. The summed E-state index contributed by atoms with van der Waals surface area (Å²) in [7, 11) is 0. The fourth-order valence-electron chi connectivity index (χ4n) is 3.83. The van der Waals surface area contributed by atoms with Gasteiger partial charge in [0.1, 0.15) is 5.15 Å². The molecule has 3 heterocycles. The summed E-state index contributed by atoms with van der Waals surface area (Å²) in [5.41, 5.74) is 11.5. The van der Waals surface area contributed by atoms with Crippen LogP contribution in [0, 0.1) is 6.92 Å². The molecule has 1 aliphatic carbocycles. The normalized spacial score (nSPS) is 17.5. The van der Waals surface area contributed by atoms with Crippen molar-refractivity contribution < 1.29 is 0 Å². The summed E-state index contributed by atoms with van der Waals surface area (Å²) in [5, 5.41) is 9.86. The van der Waals surface area contributed by atoms with E-state index in [1.807, 2.05) is 22.9 Å². The van der Waals surface area contributed by atoms with E-state index in [2.05, 4.69) is 40.6 Å². The van der Waals surface area contributed by atoms with Gasteiger partial charge in [-0.1, -0.05) is 29.8 Å². The Kier molecular flexibility index (Phi) is 4.22. The summed E-state index contributed by atoms with van der Waals surface area (Å²) in [6.45, 7) is 2.09. The molecule has 0 saturated heterocycles. The average molecular weight is 410 g/mol. The molecule has 0 amide bonds. The standard InChI is InChI=1S/C21H17Cl2N5/c1-12-4-2-3-5-18(12)28-19-9-14-16(25-26-17(14)10-22)8-15(19)21(27-28)13-6-7-20(23)24-11-13/h2-7,9,11,16,25H,8,10H2,1H3. The first kappa shape index (κ1) is 17.5. The Labute approximate surface area is 172 Å². The Morgan fingerprint density at radius 2 is 2.07 bits per heavy atom. The van der Waals surface area contributed by atoms with E-state index in [1.54, 1.807) is 12.3 Å². The quantitative estimate of drug-likeness (QED) is 0.514. The second-order valence-corrected chi connectivity index (χ2v) is 7.61. The molecule has 0 saturated carbocycles. The van der Waals surface area contributed by atoms with Crippen LogP contribution in [0.1, 0.15) is 16.8 Å². The summed E-state index contributed by atoms with van der Waals surface area (Å²) < 4.78 is 2.02. The lowest BCUT2D eigenvalue weighted by Gasteiger charge is -2.20. The predicted octanol–water partition coefficient (Wildman–Crippen LogP) is 4.40. The van der Waals surface area contributed by atoms with Crippen molar-refractivity contribution in [3.05, 3.63) is 70.1 Å². The van der Waals surface area contributed by atoms with E-state index in [1.165, 1.54) is 5.56 Å². The summed E-state index contributed by atoms with van der Waals surface area (Å²) in [6.07, 6.45) is 4.72. The second kappa shape index (κ2) is 6.76. The molecule has 7 heteroatoms. The zero-order valence-corrected chi connectivity index (χ0v) is 16.7. The van der Waals surface area contributed by atoms with Gasteiger partial charge in [0.05, 0.1) is 34.7 Å². The molecule has 1 N–H and O–H groups in total. The maximum Gasteiger partial charge on any atom is 0.129 e. The van der Waals surface area contributed by atoms with Crippen molar-refractivity contribution in [3.8, 4) is 16.9 Å². The van der Waals surface area contributed by atoms with Gasteiger partial charge in [0.2, 0.25) is 0 Å². The van der Waals surface area contributed by atoms with Crippen molar-refractivity contribution in [1.29, 1.82) is 0 Å². The van der Waals surface area contributed by atoms with Gasteiger partial charge >= 0.3 is 0 Å². The minimum Gasteiger partial charge on any atom is -0.302 e. The number of hydrogen-bond acceptors (Lipinski definition) is 4. The highest BCUT2D eigenvalue weighted by Gasteiger charge is 2.33. The fraction of sp³-hybridized carbons (Fsp3) is 0.190. The highest BCUT2D eigenvalue weighted by Crippen LogP contribution is 2.36. The number of alkyl halides is 1. The topological polar surface area (TPSA) is 55.1 Å². The molecule has 0 bridgehead atoms. The Hall–Kier alpha value is -2.63. The third-order valence-electron chi connectivity index (χ3n) is 5.26. The van der Waals surface area contributed by atoms with Gasteiger partial charge in [0.15, 0.2) is 0 Å². The Morgan fingerprint density at radius 3 is 2.82 bits per heavy atom. The SMILES string of the molecule is Cc1ccccc1-n1nc(-c2ccc(Cl)nc2)c2c1C=C1C(CCl)=NNC1C2. The summed E-state index contributed by atoms with van der Waals surface area (Å²) in [6, 6.07) is 12.1. The van der Waals surface area contributed by atoms with Crippen molar-refractivity contribution in [2.45, 2.75) is 19.4 Å². The van der Waals surface area contributed by atoms with Crippen LogP contribution in [-0.4, -0.2) is 32.4 Å². The number of nitrogens with zero attached hydrogens (tertiary/aromatic N) is 4. The predicted molar refractivity (Wildman–Crippen MR) is 113 cm³/mol. The van der Waals surface area contributed by atoms with Crippen LogP contribution in [0.25, 0.3) is 23.0 Å². The van der Waals surface area contributed by atoms with Crippen molar-refractivity contribution in [2.24, 2.45) is 5.10 Å². The number of pyridine rings is 1. The second-order valence-electron chi connectivity index (χ2n) is 6.96. The van der Waals surface area contributed by atoms with Crippen LogP contribution >= 0.6 is 23.2 Å². The molecule has 0 fully saturated rings. The minimum absolute atomic E-state index is 0.120. The number of hydrogen-bond donors (Lipinski definition) is 1. The van der Waals surface area contributed by atoms with E-state index in [4.69, 9.17) is 28.3 Å². The van der Waals surface area contributed by atoms with Gasteiger partial charge in [-0.2, -0.15) is 10.2 Å². The van der Waals surface area contributed by atoms with E-state index in [9.17, 15) is 0 Å². The molecule has 0 spiro atoms. The van der Waals surface area contributed by atoms with Crippen molar-refractivity contribution in [3.63, 3.8) is 0 Å². The molecule has 1 aromatic carbocycles. The maximum atomic E-state index is 6.10. The van der Waals surface area contributed by atoms with Gasteiger partial charge in [0, 0.05) is 29.3 Å². The Bertz CT molecular complexity index is 1130. The monoisotopic (exact) mass is 409 g/mol. The molecule has 140 valence electrons. The molecule has 2 aliphatic rings. The largest absolute Gasteiger partial charge is 0.302 e. The van der Waals surface area contributed by atoms with Crippen molar-refractivity contribution >= 4 is 35.0 Å². The molecule has 1 unspecified atom stereocenters. The lowest BCUT2D eigenvalue weighted by molar-refractivity contribution is 0.632. The van der Waals surface area contributed by atoms with Crippen LogP contribution in [0.2, 0.25) is 5.15 Å².